The molecule has 0 unspecified atom stereocenters. The number of halogens is 1. The Morgan fingerprint density at radius 1 is 1.25 bits per heavy atom. The van der Waals surface area contributed by atoms with Crippen LogP contribution in [-0.2, 0) is 29.0 Å². The molecule has 0 spiro atoms. The fourth-order valence-electron chi connectivity index (χ4n) is 2.63. The maximum absolute atomic E-state index is 11.8. The summed E-state index contributed by atoms with van der Waals surface area (Å²) in [5.41, 5.74) is 5.97. The number of ether oxygens (including phenoxy) is 1. The van der Waals surface area contributed by atoms with Gasteiger partial charge in [0.05, 0.1) is 18.6 Å². The van der Waals surface area contributed by atoms with Crippen molar-refractivity contribution in [1.82, 2.24) is 5.32 Å². The maximum atomic E-state index is 11.8. The van der Waals surface area contributed by atoms with Gasteiger partial charge in [0.2, 0.25) is 0 Å². The third-order valence-electron chi connectivity index (χ3n) is 3.64. The Kier molecular flexibility index (Phi) is 8.52. The zero-order valence-corrected chi connectivity index (χ0v) is 18.4. The van der Waals surface area contributed by atoms with E-state index in [1.807, 2.05) is 6.92 Å². The van der Waals surface area contributed by atoms with E-state index in [2.05, 4.69) is 40.4 Å². The van der Waals surface area contributed by atoms with Crippen molar-refractivity contribution in [3.05, 3.63) is 27.8 Å². The molecule has 1 aromatic rings. The van der Waals surface area contributed by atoms with E-state index in [9.17, 15) is 4.79 Å². The molecule has 2 N–H and O–H groups in total. The van der Waals surface area contributed by atoms with Crippen molar-refractivity contribution >= 4 is 36.1 Å². The highest BCUT2D eigenvalue weighted by atomic mass is 127. The number of benzene rings is 1. The van der Waals surface area contributed by atoms with Gasteiger partial charge in [0, 0.05) is 39.2 Å². The molecule has 0 saturated carbocycles. The summed E-state index contributed by atoms with van der Waals surface area (Å²) in [7, 11) is 1.70. The fourth-order valence-corrected chi connectivity index (χ4v) is 4.98. The lowest BCUT2D eigenvalue weighted by atomic mass is 9.93. The van der Waals surface area contributed by atoms with Gasteiger partial charge in [-0.3, -0.25) is 4.79 Å². The second-order valence-electron chi connectivity index (χ2n) is 6.85. The van der Waals surface area contributed by atoms with Crippen molar-refractivity contribution in [1.29, 1.82) is 0 Å². The minimum atomic E-state index is -0.500. The number of esters is 1. The Morgan fingerprint density at radius 3 is 2.21 bits per heavy atom. The SMILES string of the molecule is CC(C)(C)O.CCOC(=O)Cc1c(C)c2c(c(C)c1SI)CNC2. The molecule has 0 radical (unpaired) electrons. The van der Waals surface area contributed by atoms with Crippen LogP contribution in [-0.4, -0.2) is 23.3 Å². The second-order valence-corrected chi connectivity index (χ2v) is 8.73. The van der Waals surface area contributed by atoms with Crippen LogP contribution in [0.3, 0.4) is 0 Å². The zero-order chi connectivity index (χ0) is 18.5. The van der Waals surface area contributed by atoms with Crippen molar-refractivity contribution in [3.63, 3.8) is 0 Å². The smallest absolute Gasteiger partial charge is 0.310 e. The lowest BCUT2D eigenvalue weighted by molar-refractivity contribution is -0.142. The van der Waals surface area contributed by atoms with Gasteiger partial charge in [-0.15, -0.1) is 0 Å². The number of aliphatic hydroxyl groups is 1. The van der Waals surface area contributed by atoms with Crippen LogP contribution in [0.1, 0.15) is 55.5 Å². The molecule has 1 heterocycles. The number of hydrogen-bond acceptors (Lipinski definition) is 5. The predicted molar refractivity (Wildman–Crippen MR) is 109 cm³/mol. The van der Waals surface area contributed by atoms with Crippen molar-refractivity contribution in [2.45, 2.75) is 71.5 Å². The summed E-state index contributed by atoms with van der Waals surface area (Å²) >= 11 is 2.30. The first-order valence-electron chi connectivity index (χ1n) is 8.11. The summed E-state index contributed by atoms with van der Waals surface area (Å²) in [5.74, 6) is -0.136. The van der Waals surface area contributed by atoms with Crippen LogP contribution in [0.25, 0.3) is 0 Å². The first-order valence-corrected chi connectivity index (χ1v) is 11.5. The van der Waals surface area contributed by atoms with Gasteiger partial charge in [-0.25, -0.2) is 0 Å². The molecule has 0 atom stereocenters. The molecule has 6 heteroatoms. The van der Waals surface area contributed by atoms with Gasteiger partial charge < -0.3 is 15.2 Å². The molecule has 1 aliphatic rings. The fraction of sp³-hybridized carbons (Fsp3) is 0.611. The average molecular weight is 465 g/mol. The van der Waals surface area contributed by atoms with Crippen molar-refractivity contribution in [2.24, 2.45) is 0 Å². The molecular formula is C18H28INO3S. The molecule has 136 valence electrons. The number of carbonyl (C=O) groups is 1. The second kappa shape index (κ2) is 9.40. The van der Waals surface area contributed by atoms with Crippen LogP contribution in [0.4, 0.5) is 0 Å². The minimum absolute atomic E-state index is 0.136. The quantitative estimate of drug-likeness (QED) is 0.515. The molecule has 1 aromatic carbocycles. The average Bonchev–Trinajstić information content (AvgIpc) is 2.93. The molecular weight excluding hydrogens is 437 g/mol. The largest absolute Gasteiger partial charge is 0.466 e. The molecule has 0 saturated heterocycles. The van der Waals surface area contributed by atoms with E-state index < -0.39 is 5.60 Å². The molecule has 4 nitrogen and oxygen atoms in total. The van der Waals surface area contributed by atoms with E-state index in [1.54, 1.807) is 29.7 Å². The Bertz CT molecular complexity index is 591. The molecule has 0 aliphatic carbocycles. The van der Waals surface area contributed by atoms with E-state index in [1.165, 1.54) is 27.1 Å². The number of nitrogens with one attached hydrogen (secondary N) is 1. The van der Waals surface area contributed by atoms with E-state index >= 15 is 0 Å². The van der Waals surface area contributed by atoms with Gasteiger partial charge in [-0.2, -0.15) is 0 Å². The first kappa shape index (κ1) is 21.7. The van der Waals surface area contributed by atoms with Crippen LogP contribution in [0.2, 0.25) is 0 Å². The molecule has 0 fully saturated rings. The lowest BCUT2D eigenvalue weighted by Crippen LogP contribution is -2.11. The van der Waals surface area contributed by atoms with Crippen molar-refractivity contribution in [3.8, 4) is 0 Å². The van der Waals surface area contributed by atoms with Gasteiger partial charge >= 0.3 is 5.97 Å². The van der Waals surface area contributed by atoms with Gasteiger partial charge in [0.1, 0.15) is 0 Å². The Morgan fingerprint density at radius 2 is 1.75 bits per heavy atom. The molecule has 2 rings (SSSR count). The van der Waals surface area contributed by atoms with Crippen LogP contribution in [0.15, 0.2) is 4.90 Å². The van der Waals surface area contributed by atoms with E-state index in [4.69, 9.17) is 9.84 Å². The Labute approximate surface area is 161 Å². The molecule has 0 aromatic heterocycles. The highest BCUT2D eigenvalue weighted by Crippen LogP contribution is 2.39. The van der Waals surface area contributed by atoms with E-state index in [0.29, 0.717) is 13.0 Å². The summed E-state index contributed by atoms with van der Waals surface area (Å²) in [6.07, 6.45) is 0.374. The third-order valence-corrected chi connectivity index (χ3v) is 5.67. The maximum Gasteiger partial charge on any atom is 0.310 e. The van der Waals surface area contributed by atoms with E-state index in [0.717, 1.165) is 18.7 Å². The van der Waals surface area contributed by atoms with Gasteiger partial charge in [0.15, 0.2) is 0 Å². The molecule has 0 bridgehead atoms. The molecule has 24 heavy (non-hydrogen) atoms. The number of rotatable bonds is 4. The minimum Gasteiger partial charge on any atom is -0.466 e. The van der Waals surface area contributed by atoms with Gasteiger partial charge in [-0.1, -0.05) is 8.93 Å². The summed E-state index contributed by atoms with van der Waals surface area (Å²) < 4.78 is 5.09. The van der Waals surface area contributed by atoms with Gasteiger partial charge in [0.25, 0.3) is 0 Å². The third kappa shape index (κ3) is 6.20. The zero-order valence-electron chi connectivity index (χ0n) is 15.4. The number of fused-ring (bicyclic) bond motifs is 1. The first-order chi connectivity index (χ1) is 11.1. The highest BCUT2D eigenvalue weighted by Gasteiger charge is 2.23. The molecule has 1 aliphatic heterocycles. The van der Waals surface area contributed by atoms with E-state index in [-0.39, 0.29) is 5.97 Å². The predicted octanol–water partition coefficient (Wildman–Crippen LogP) is 4.23. The van der Waals surface area contributed by atoms with Crippen molar-refractivity contribution < 1.29 is 14.6 Å². The van der Waals surface area contributed by atoms with Crippen molar-refractivity contribution in [2.75, 3.05) is 6.61 Å². The highest BCUT2D eigenvalue weighted by molar-refractivity contribution is 14.2. The number of carbonyl (C=O) groups excluding carboxylic acids is 1. The summed E-state index contributed by atoms with van der Waals surface area (Å²) in [5, 5.41) is 11.9. The van der Waals surface area contributed by atoms with Crippen LogP contribution in [0.5, 0.6) is 0 Å². The summed E-state index contributed by atoms with van der Waals surface area (Å²) in [6.45, 7) is 13.6. The Balaban J connectivity index is 0.000000505. The number of hydrogen-bond donors (Lipinski definition) is 2. The topological polar surface area (TPSA) is 58.6 Å². The summed E-state index contributed by atoms with van der Waals surface area (Å²) in [6, 6.07) is 0. The lowest BCUT2D eigenvalue weighted by Gasteiger charge is -2.17. The van der Waals surface area contributed by atoms with Crippen LogP contribution in [0, 0.1) is 13.8 Å². The van der Waals surface area contributed by atoms with Crippen LogP contribution >= 0.6 is 30.1 Å². The van der Waals surface area contributed by atoms with Gasteiger partial charge in [-0.05, 0) is 69.4 Å². The Hall–Kier alpha value is -0.310. The monoisotopic (exact) mass is 465 g/mol. The summed E-state index contributed by atoms with van der Waals surface area (Å²) in [4.78, 5) is 13.0. The van der Waals surface area contributed by atoms with Crippen LogP contribution < -0.4 is 5.32 Å². The molecule has 0 amide bonds. The standard InChI is InChI=1S/C14H18INO2S.C4H10O/c1-4-18-13(17)5-10-8(2)11-6-16-7-12(11)9(3)14(10)19-15;1-4(2,3)5/h16H,4-7H2,1-3H3;5H,1-3H3. The normalized spacial score (nSPS) is 13.2.